The van der Waals surface area contributed by atoms with Crippen molar-refractivity contribution in [3.8, 4) is 6.07 Å². The molecule has 1 unspecified atom stereocenters. The van der Waals surface area contributed by atoms with Gasteiger partial charge in [-0.05, 0) is 79.4 Å². The molecule has 1 aromatic rings. The summed E-state index contributed by atoms with van der Waals surface area (Å²) in [5.41, 5.74) is 1.76. The number of nitrogens with one attached hydrogen (secondary N) is 1. The lowest BCUT2D eigenvalue weighted by atomic mass is 9.90. The molecule has 1 atom stereocenters. The molecule has 0 aromatic heterocycles. The summed E-state index contributed by atoms with van der Waals surface area (Å²) in [6.07, 6.45) is 2.52. The van der Waals surface area contributed by atoms with Gasteiger partial charge in [0.1, 0.15) is 0 Å². The van der Waals surface area contributed by atoms with Crippen LogP contribution in [-0.2, 0) is 0 Å². The van der Waals surface area contributed by atoms with Crippen molar-refractivity contribution in [2.45, 2.75) is 32.7 Å². The molecule has 1 heterocycles. The Morgan fingerprint density at radius 3 is 2.70 bits per heavy atom. The summed E-state index contributed by atoms with van der Waals surface area (Å²) in [4.78, 5) is 2.51. The van der Waals surface area contributed by atoms with Gasteiger partial charge in [0.05, 0.1) is 11.6 Å². The average Bonchev–Trinajstić information content (AvgIpc) is 2.49. The van der Waals surface area contributed by atoms with Crippen molar-refractivity contribution in [3.05, 3.63) is 28.2 Å². The van der Waals surface area contributed by atoms with E-state index in [0.717, 1.165) is 22.6 Å². The van der Waals surface area contributed by atoms with Crippen LogP contribution in [0.25, 0.3) is 0 Å². The highest BCUT2D eigenvalue weighted by Gasteiger charge is 2.23. The Morgan fingerprint density at radius 2 is 2.15 bits per heavy atom. The zero-order chi connectivity index (χ0) is 14.5. The number of nitriles is 1. The fraction of sp³-hybridized carbons (Fsp3) is 0.562. The van der Waals surface area contributed by atoms with Gasteiger partial charge >= 0.3 is 0 Å². The number of hydrogen-bond acceptors (Lipinski definition) is 3. The molecule has 3 nitrogen and oxygen atoms in total. The maximum Gasteiger partial charge on any atom is 0.0992 e. The third kappa shape index (κ3) is 3.74. The molecule has 1 aromatic carbocycles. The smallest absolute Gasteiger partial charge is 0.0992 e. The highest BCUT2D eigenvalue weighted by molar-refractivity contribution is 9.10. The third-order valence-electron chi connectivity index (χ3n) is 4.27. The lowest BCUT2D eigenvalue weighted by Crippen LogP contribution is -2.39. The van der Waals surface area contributed by atoms with Crippen LogP contribution in [0, 0.1) is 17.2 Å². The van der Waals surface area contributed by atoms with Gasteiger partial charge in [0.2, 0.25) is 0 Å². The maximum absolute atomic E-state index is 8.89. The molecule has 0 saturated carbocycles. The van der Waals surface area contributed by atoms with Gasteiger partial charge in [-0.3, -0.25) is 0 Å². The summed E-state index contributed by atoms with van der Waals surface area (Å²) in [5.74, 6) is 0.723. The van der Waals surface area contributed by atoms with E-state index < -0.39 is 0 Å². The zero-order valence-electron chi connectivity index (χ0n) is 12.2. The molecule has 2 rings (SSSR count). The van der Waals surface area contributed by atoms with Crippen LogP contribution >= 0.6 is 15.9 Å². The topological polar surface area (TPSA) is 39.1 Å². The van der Waals surface area contributed by atoms with Gasteiger partial charge in [-0.2, -0.15) is 5.26 Å². The summed E-state index contributed by atoms with van der Waals surface area (Å²) >= 11 is 3.54. The molecule has 1 aliphatic heterocycles. The fourth-order valence-electron chi connectivity index (χ4n) is 2.83. The maximum atomic E-state index is 8.89. The van der Waals surface area contributed by atoms with Crippen LogP contribution in [0.1, 0.15) is 32.3 Å². The van der Waals surface area contributed by atoms with E-state index in [-0.39, 0.29) is 0 Å². The third-order valence-corrected chi connectivity index (χ3v) is 4.92. The number of likely N-dealkylation sites (tertiary alicyclic amines) is 1. The molecule has 1 aliphatic rings. The van der Waals surface area contributed by atoms with E-state index in [2.05, 4.69) is 46.1 Å². The standard InChI is InChI=1S/C16H22BrN3/c1-3-20-8-6-14(7-9-20)12(2)19-16-5-4-13(11-18)10-15(16)17/h4-5,10,12,14,19H,3,6-9H2,1-2H3. The van der Waals surface area contributed by atoms with Gasteiger partial charge < -0.3 is 10.2 Å². The highest BCUT2D eigenvalue weighted by atomic mass is 79.9. The zero-order valence-corrected chi connectivity index (χ0v) is 13.8. The van der Waals surface area contributed by atoms with Crippen molar-refractivity contribution in [2.75, 3.05) is 25.0 Å². The monoisotopic (exact) mass is 335 g/mol. The molecule has 0 aliphatic carbocycles. The van der Waals surface area contributed by atoms with Gasteiger partial charge in [-0.15, -0.1) is 0 Å². The SMILES string of the molecule is CCN1CCC(C(C)Nc2ccc(C#N)cc2Br)CC1. The second kappa shape index (κ2) is 7.10. The predicted molar refractivity (Wildman–Crippen MR) is 86.8 cm³/mol. The van der Waals surface area contributed by atoms with Crippen molar-refractivity contribution in [1.29, 1.82) is 5.26 Å². The van der Waals surface area contributed by atoms with Crippen LogP contribution in [0.4, 0.5) is 5.69 Å². The van der Waals surface area contributed by atoms with E-state index in [9.17, 15) is 0 Å². The summed E-state index contributed by atoms with van der Waals surface area (Å²) in [5, 5.41) is 12.5. The Kier molecular flexibility index (Phi) is 5.45. The molecular weight excluding hydrogens is 314 g/mol. The van der Waals surface area contributed by atoms with Crippen LogP contribution in [0.2, 0.25) is 0 Å². The number of piperidine rings is 1. The molecule has 0 spiro atoms. The summed E-state index contributed by atoms with van der Waals surface area (Å²) in [6.45, 7) is 8.08. The normalized spacial score (nSPS) is 18.5. The van der Waals surface area contributed by atoms with E-state index in [1.165, 1.54) is 25.9 Å². The van der Waals surface area contributed by atoms with Crippen molar-refractivity contribution >= 4 is 21.6 Å². The first-order chi connectivity index (χ1) is 9.63. The second-order valence-electron chi connectivity index (χ2n) is 5.51. The first-order valence-corrected chi connectivity index (χ1v) is 8.12. The first kappa shape index (κ1) is 15.3. The van der Waals surface area contributed by atoms with Crippen molar-refractivity contribution < 1.29 is 0 Å². The van der Waals surface area contributed by atoms with Crippen molar-refractivity contribution in [2.24, 2.45) is 5.92 Å². The van der Waals surface area contributed by atoms with E-state index in [4.69, 9.17) is 5.26 Å². The van der Waals surface area contributed by atoms with Crippen LogP contribution in [0.5, 0.6) is 0 Å². The molecule has 4 heteroatoms. The van der Waals surface area contributed by atoms with Crippen molar-refractivity contribution in [1.82, 2.24) is 4.90 Å². The molecule has 1 fully saturated rings. The Bertz CT molecular complexity index is 487. The number of nitrogens with zero attached hydrogens (tertiary/aromatic N) is 2. The lowest BCUT2D eigenvalue weighted by Gasteiger charge is -2.35. The molecule has 1 saturated heterocycles. The molecule has 20 heavy (non-hydrogen) atoms. The molecular formula is C16H22BrN3. The number of hydrogen-bond donors (Lipinski definition) is 1. The molecule has 0 amide bonds. The van der Waals surface area contributed by atoms with Crippen LogP contribution < -0.4 is 5.32 Å². The number of rotatable bonds is 4. The minimum atomic E-state index is 0.457. The van der Waals surface area contributed by atoms with E-state index in [0.29, 0.717) is 11.6 Å². The first-order valence-electron chi connectivity index (χ1n) is 7.32. The lowest BCUT2D eigenvalue weighted by molar-refractivity contribution is 0.183. The minimum Gasteiger partial charge on any atom is -0.381 e. The number of benzene rings is 1. The minimum absolute atomic E-state index is 0.457. The van der Waals surface area contributed by atoms with Gasteiger partial charge in [0, 0.05) is 16.2 Å². The van der Waals surface area contributed by atoms with Crippen LogP contribution in [0.15, 0.2) is 22.7 Å². The molecule has 0 bridgehead atoms. The van der Waals surface area contributed by atoms with Crippen LogP contribution in [0.3, 0.4) is 0 Å². The highest BCUT2D eigenvalue weighted by Crippen LogP contribution is 2.28. The van der Waals surface area contributed by atoms with Gasteiger partial charge in [0.25, 0.3) is 0 Å². The summed E-state index contributed by atoms with van der Waals surface area (Å²) in [6, 6.07) is 8.33. The molecule has 1 N–H and O–H groups in total. The Balaban J connectivity index is 1.95. The molecule has 108 valence electrons. The number of halogens is 1. The largest absolute Gasteiger partial charge is 0.381 e. The van der Waals surface area contributed by atoms with Crippen LogP contribution in [-0.4, -0.2) is 30.6 Å². The molecule has 0 radical (unpaired) electrons. The Labute approximate surface area is 130 Å². The van der Waals surface area contributed by atoms with Crippen molar-refractivity contribution in [3.63, 3.8) is 0 Å². The average molecular weight is 336 g/mol. The quantitative estimate of drug-likeness (QED) is 0.908. The number of anilines is 1. The Hall–Kier alpha value is -1.05. The fourth-order valence-corrected chi connectivity index (χ4v) is 3.33. The van der Waals surface area contributed by atoms with E-state index >= 15 is 0 Å². The Morgan fingerprint density at radius 1 is 1.45 bits per heavy atom. The van der Waals surface area contributed by atoms with Gasteiger partial charge in [-0.1, -0.05) is 6.92 Å². The summed E-state index contributed by atoms with van der Waals surface area (Å²) in [7, 11) is 0. The van der Waals surface area contributed by atoms with E-state index in [1.54, 1.807) is 0 Å². The van der Waals surface area contributed by atoms with Gasteiger partial charge in [-0.25, -0.2) is 0 Å². The summed E-state index contributed by atoms with van der Waals surface area (Å²) < 4.78 is 0.967. The predicted octanol–water partition coefficient (Wildman–Crippen LogP) is 3.85. The second-order valence-corrected chi connectivity index (χ2v) is 6.37. The van der Waals surface area contributed by atoms with E-state index in [1.807, 2.05) is 18.2 Å². The van der Waals surface area contributed by atoms with Gasteiger partial charge in [0.15, 0.2) is 0 Å².